The molecule has 0 aliphatic rings. The molecule has 0 aliphatic carbocycles. The van der Waals surface area contributed by atoms with Gasteiger partial charge in [-0.05, 0) is 30.7 Å². The van der Waals surface area contributed by atoms with Gasteiger partial charge in [0.05, 0.1) is 13.7 Å². The van der Waals surface area contributed by atoms with E-state index in [0.29, 0.717) is 19.0 Å². The summed E-state index contributed by atoms with van der Waals surface area (Å²) in [5, 5.41) is 7.67. The highest BCUT2D eigenvalue weighted by molar-refractivity contribution is 5.80. The van der Waals surface area contributed by atoms with Gasteiger partial charge in [-0.1, -0.05) is 30.3 Å². The van der Waals surface area contributed by atoms with E-state index < -0.39 is 0 Å². The lowest BCUT2D eigenvalue weighted by Gasteiger charge is -2.13. The molecule has 5 heteroatoms. The fraction of sp³-hybridized carbons (Fsp3) is 0.250. The van der Waals surface area contributed by atoms with Crippen molar-refractivity contribution in [3.05, 3.63) is 65.4 Å². The number of methoxy groups -OCH3 is 1. The SMILES string of the molecule is CN=C(NCc1cc2ccccc2o1)NCc1ccc(C)cc1OC. The maximum absolute atomic E-state index is 5.81. The Morgan fingerprint density at radius 2 is 1.88 bits per heavy atom. The highest BCUT2D eigenvalue weighted by Crippen LogP contribution is 2.20. The van der Waals surface area contributed by atoms with E-state index in [0.717, 1.165) is 28.0 Å². The van der Waals surface area contributed by atoms with Crippen LogP contribution in [0.5, 0.6) is 5.75 Å². The Labute approximate surface area is 147 Å². The van der Waals surface area contributed by atoms with Crippen molar-refractivity contribution in [1.82, 2.24) is 10.6 Å². The monoisotopic (exact) mass is 337 g/mol. The predicted octanol–water partition coefficient (Wildman–Crippen LogP) is 3.62. The number of aliphatic imine (C=N–C) groups is 1. The topological polar surface area (TPSA) is 58.8 Å². The molecular weight excluding hydrogens is 314 g/mol. The molecule has 0 atom stereocenters. The maximum atomic E-state index is 5.81. The summed E-state index contributed by atoms with van der Waals surface area (Å²) in [5.74, 6) is 2.46. The number of aryl methyl sites for hydroxylation is 1. The van der Waals surface area contributed by atoms with Gasteiger partial charge in [-0.15, -0.1) is 0 Å². The molecule has 3 rings (SSSR count). The number of nitrogens with zero attached hydrogens (tertiary/aromatic N) is 1. The van der Waals surface area contributed by atoms with Crippen LogP contribution in [0.3, 0.4) is 0 Å². The van der Waals surface area contributed by atoms with Gasteiger partial charge in [0, 0.05) is 24.5 Å². The number of furan rings is 1. The molecule has 25 heavy (non-hydrogen) atoms. The third kappa shape index (κ3) is 4.12. The lowest BCUT2D eigenvalue weighted by molar-refractivity contribution is 0.408. The molecule has 1 heterocycles. The third-order valence-electron chi connectivity index (χ3n) is 4.02. The number of benzene rings is 2. The normalized spacial score (nSPS) is 11.6. The van der Waals surface area contributed by atoms with Crippen molar-refractivity contribution in [2.24, 2.45) is 4.99 Å². The van der Waals surface area contributed by atoms with Gasteiger partial charge < -0.3 is 19.8 Å². The lowest BCUT2D eigenvalue weighted by atomic mass is 10.1. The highest BCUT2D eigenvalue weighted by Gasteiger charge is 2.06. The van der Waals surface area contributed by atoms with Gasteiger partial charge in [-0.2, -0.15) is 0 Å². The largest absolute Gasteiger partial charge is 0.496 e. The van der Waals surface area contributed by atoms with Gasteiger partial charge >= 0.3 is 0 Å². The van der Waals surface area contributed by atoms with Crippen LogP contribution >= 0.6 is 0 Å². The first-order valence-corrected chi connectivity index (χ1v) is 8.25. The van der Waals surface area contributed by atoms with Crippen molar-refractivity contribution in [3.63, 3.8) is 0 Å². The minimum atomic E-state index is 0.569. The summed E-state index contributed by atoms with van der Waals surface area (Å²) >= 11 is 0. The summed E-state index contributed by atoms with van der Waals surface area (Å²) in [6.45, 7) is 3.25. The van der Waals surface area contributed by atoms with E-state index in [-0.39, 0.29) is 0 Å². The number of rotatable bonds is 5. The molecule has 0 radical (unpaired) electrons. The Balaban J connectivity index is 1.60. The number of guanidine groups is 1. The van der Waals surface area contributed by atoms with Crippen LogP contribution in [-0.2, 0) is 13.1 Å². The molecule has 0 aliphatic heterocycles. The Kier molecular flexibility index (Phi) is 5.23. The Morgan fingerprint density at radius 3 is 2.64 bits per heavy atom. The molecule has 0 saturated carbocycles. The number of nitrogens with one attached hydrogen (secondary N) is 2. The zero-order valence-electron chi connectivity index (χ0n) is 14.8. The summed E-state index contributed by atoms with van der Waals surface area (Å²) in [6.07, 6.45) is 0. The van der Waals surface area contributed by atoms with E-state index in [2.05, 4.69) is 27.8 Å². The lowest BCUT2D eigenvalue weighted by Crippen LogP contribution is -2.36. The molecule has 130 valence electrons. The third-order valence-corrected chi connectivity index (χ3v) is 4.02. The number of fused-ring (bicyclic) bond motifs is 1. The van der Waals surface area contributed by atoms with E-state index in [1.165, 1.54) is 5.56 Å². The second-order valence-corrected chi connectivity index (χ2v) is 5.85. The van der Waals surface area contributed by atoms with Crippen molar-refractivity contribution in [2.45, 2.75) is 20.0 Å². The van der Waals surface area contributed by atoms with Gasteiger partial charge in [0.2, 0.25) is 0 Å². The summed E-state index contributed by atoms with van der Waals surface area (Å²) in [4.78, 5) is 4.26. The first-order chi connectivity index (χ1) is 12.2. The fourth-order valence-electron chi connectivity index (χ4n) is 2.69. The van der Waals surface area contributed by atoms with Crippen molar-refractivity contribution in [3.8, 4) is 5.75 Å². The Morgan fingerprint density at radius 1 is 1.08 bits per heavy atom. The van der Waals surface area contributed by atoms with Crippen LogP contribution in [0.1, 0.15) is 16.9 Å². The molecule has 2 N–H and O–H groups in total. The van der Waals surface area contributed by atoms with Crippen LogP contribution in [0.25, 0.3) is 11.0 Å². The second kappa shape index (κ2) is 7.75. The average molecular weight is 337 g/mol. The van der Waals surface area contributed by atoms with Crippen LogP contribution in [-0.4, -0.2) is 20.1 Å². The predicted molar refractivity (Wildman–Crippen MR) is 101 cm³/mol. The first kappa shape index (κ1) is 16.9. The molecule has 3 aromatic rings. The molecule has 2 aromatic carbocycles. The fourth-order valence-corrected chi connectivity index (χ4v) is 2.69. The molecule has 0 bridgehead atoms. The van der Waals surface area contributed by atoms with Crippen molar-refractivity contribution in [1.29, 1.82) is 0 Å². The summed E-state index contributed by atoms with van der Waals surface area (Å²) in [7, 11) is 3.44. The van der Waals surface area contributed by atoms with E-state index in [1.807, 2.05) is 43.3 Å². The zero-order chi connectivity index (χ0) is 17.6. The van der Waals surface area contributed by atoms with Crippen LogP contribution < -0.4 is 15.4 Å². The van der Waals surface area contributed by atoms with Crippen LogP contribution in [0.2, 0.25) is 0 Å². The highest BCUT2D eigenvalue weighted by atomic mass is 16.5. The van der Waals surface area contributed by atoms with Crippen LogP contribution in [0.15, 0.2) is 57.9 Å². The van der Waals surface area contributed by atoms with Crippen molar-refractivity contribution < 1.29 is 9.15 Å². The van der Waals surface area contributed by atoms with Gasteiger partial charge in [-0.3, -0.25) is 4.99 Å². The van der Waals surface area contributed by atoms with E-state index in [9.17, 15) is 0 Å². The minimum Gasteiger partial charge on any atom is -0.496 e. The number of ether oxygens (including phenoxy) is 1. The molecule has 0 unspecified atom stereocenters. The zero-order valence-corrected chi connectivity index (χ0v) is 14.8. The first-order valence-electron chi connectivity index (χ1n) is 8.25. The van der Waals surface area contributed by atoms with E-state index in [4.69, 9.17) is 9.15 Å². The minimum absolute atomic E-state index is 0.569. The van der Waals surface area contributed by atoms with Gasteiger partial charge in [0.15, 0.2) is 5.96 Å². The van der Waals surface area contributed by atoms with Gasteiger partial charge in [-0.25, -0.2) is 0 Å². The average Bonchev–Trinajstić information content (AvgIpc) is 3.05. The van der Waals surface area contributed by atoms with Crippen LogP contribution in [0.4, 0.5) is 0 Å². The van der Waals surface area contributed by atoms with Crippen molar-refractivity contribution >= 4 is 16.9 Å². The smallest absolute Gasteiger partial charge is 0.191 e. The van der Waals surface area contributed by atoms with Gasteiger partial charge in [0.25, 0.3) is 0 Å². The Hall–Kier alpha value is -2.95. The molecule has 0 fully saturated rings. The standard InChI is InChI=1S/C20H23N3O2/c1-14-8-9-16(19(10-14)24-3)12-22-20(21-2)23-13-17-11-15-6-4-5-7-18(15)25-17/h4-11H,12-13H2,1-3H3,(H2,21,22,23). The number of para-hydroxylation sites is 1. The molecular formula is C20H23N3O2. The number of hydrogen-bond acceptors (Lipinski definition) is 3. The summed E-state index contributed by atoms with van der Waals surface area (Å²) in [6, 6.07) is 16.2. The Bertz CT molecular complexity index is 851. The summed E-state index contributed by atoms with van der Waals surface area (Å²) < 4.78 is 11.2. The molecule has 0 saturated heterocycles. The van der Waals surface area contributed by atoms with E-state index in [1.54, 1.807) is 14.2 Å². The molecule has 0 spiro atoms. The quantitative estimate of drug-likeness (QED) is 0.551. The van der Waals surface area contributed by atoms with E-state index >= 15 is 0 Å². The molecule has 5 nitrogen and oxygen atoms in total. The second-order valence-electron chi connectivity index (χ2n) is 5.85. The van der Waals surface area contributed by atoms with Crippen LogP contribution in [0, 0.1) is 6.92 Å². The molecule has 1 aromatic heterocycles. The number of hydrogen-bond donors (Lipinski definition) is 2. The van der Waals surface area contributed by atoms with Gasteiger partial charge in [0.1, 0.15) is 17.1 Å². The molecule has 0 amide bonds. The van der Waals surface area contributed by atoms with Crippen molar-refractivity contribution in [2.75, 3.05) is 14.2 Å². The maximum Gasteiger partial charge on any atom is 0.191 e. The summed E-state index contributed by atoms with van der Waals surface area (Å²) in [5.41, 5.74) is 3.15.